The molecule has 1 atom stereocenters. The van der Waals surface area contributed by atoms with Gasteiger partial charge in [0.1, 0.15) is 18.4 Å². The number of carbonyl (C=O) groups excluding carboxylic acids is 2. The van der Waals surface area contributed by atoms with Crippen molar-refractivity contribution in [2.45, 2.75) is 45.1 Å². The van der Waals surface area contributed by atoms with E-state index < -0.39 is 52.0 Å². The Bertz CT molecular complexity index is 1450. The van der Waals surface area contributed by atoms with Gasteiger partial charge in [-0.3, -0.25) is 13.9 Å². The largest absolute Gasteiger partial charge is 0.416 e. The number of sulfonamides is 1. The molecule has 0 spiro atoms. The summed E-state index contributed by atoms with van der Waals surface area (Å²) in [7, 11) is -4.24. The van der Waals surface area contributed by atoms with Gasteiger partial charge < -0.3 is 10.2 Å². The minimum absolute atomic E-state index is 0.0642. The van der Waals surface area contributed by atoms with Crippen molar-refractivity contribution in [3.05, 3.63) is 101 Å². The Morgan fingerprint density at radius 3 is 2.10 bits per heavy atom. The summed E-state index contributed by atoms with van der Waals surface area (Å²) in [5.41, 5.74) is -0.271. The minimum atomic E-state index is -4.74. The molecule has 12 heteroatoms. The lowest BCUT2D eigenvalue weighted by atomic mass is 10.0. The Kier molecular flexibility index (Phi) is 10.1. The van der Waals surface area contributed by atoms with Gasteiger partial charge in [-0.25, -0.2) is 12.8 Å². The number of nitrogens with zero attached hydrogens (tertiary/aromatic N) is 2. The summed E-state index contributed by atoms with van der Waals surface area (Å²) in [4.78, 5) is 28.5. The highest BCUT2D eigenvalue weighted by molar-refractivity contribution is 7.92. The van der Waals surface area contributed by atoms with Gasteiger partial charge in [-0.1, -0.05) is 48.5 Å². The highest BCUT2D eigenvalue weighted by Gasteiger charge is 2.35. The molecule has 3 aromatic carbocycles. The normalized spacial score (nSPS) is 12.6. The quantitative estimate of drug-likeness (QED) is 0.325. The van der Waals surface area contributed by atoms with Crippen LogP contribution < -0.4 is 9.62 Å². The molecule has 41 heavy (non-hydrogen) atoms. The van der Waals surface area contributed by atoms with E-state index in [0.29, 0.717) is 21.5 Å². The third-order valence-electron chi connectivity index (χ3n) is 6.11. The van der Waals surface area contributed by atoms with Crippen molar-refractivity contribution in [3.63, 3.8) is 0 Å². The predicted octanol–water partition coefficient (Wildman–Crippen LogP) is 4.78. The fourth-order valence-electron chi connectivity index (χ4n) is 4.17. The fourth-order valence-corrected chi connectivity index (χ4v) is 5.01. The first-order chi connectivity index (χ1) is 19.1. The van der Waals surface area contributed by atoms with Crippen molar-refractivity contribution in [1.82, 2.24) is 10.2 Å². The standard InChI is InChI=1S/C29H31F4N3O4S/c1-20(2)34-28(38)26(16-21-8-5-4-6-9-21)35(18-22-12-14-24(30)15-13-22)27(37)19-36(41(3,39)40)25-11-7-10-23(17-25)29(31,32)33/h4-15,17,20,26H,16,18-19H2,1-3H3,(H,34,38)/t26-/m1/s1. The number of rotatable bonds is 11. The summed E-state index contributed by atoms with van der Waals surface area (Å²) in [5, 5.41) is 2.78. The van der Waals surface area contributed by atoms with Gasteiger partial charge in [0.15, 0.2) is 0 Å². The molecule has 0 fully saturated rings. The first kappa shape index (κ1) is 31.6. The van der Waals surface area contributed by atoms with E-state index in [1.54, 1.807) is 44.2 Å². The maximum absolute atomic E-state index is 13.9. The van der Waals surface area contributed by atoms with Crippen molar-refractivity contribution in [1.29, 1.82) is 0 Å². The Morgan fingerprint density at radius 2 is 1.54 bits per heavy atom. The Hall–Kier alpha value is -3.93. The summed E-state index contributed by atoms with van der Waals surface area (Å²) < 4.78 is 79.8. The molecule has 1 N–H and O–H groups in total. The third-order valence-corrected chi connectivity index (χ3v) is 7.25. The molecule has 0 saturated carbocycles. The minimum Gasteiger partial charge on any atom is -0.352 e. The van der Waals surface area contributed by atoms with Crippen molar-refractivity contribution < 1.29 is 35.6 Å². The molecule has 2 amide bonds. The number of alkyl halides is 3. The van der Waals surface area contributed by atoms with Gasteiger partial charge in [-0.2, -0.15) is 13.2 Å². The van der Waals surface area contributed by atoms with E-state index in [1.165, 1.54) is 29.2 Å². The number of halogens is 4. The highest BCUT2D eigenvalue weighted by Crippen LogP contribution is 2.32. The molecule has 0 unspecified atom stereocenters. The zero-order chi connectivity index (χ0) is 30.4. The number of amides is 2. The summed E-state index contributed by atoms with van der Waals surface area (Å²) in [6, 6.07) is 16.3. The van der Waals surface area contributed by atoms with E-state index in [9.17, 15) is 35.6 Å². The van der Waals surface area contributed by atoms with Crippen molar-refractivity contribution in [2.75, 3.05) is 17.1 Å². The predicted molar refractivity (Wildman–Crippen MR) is 148 cm³/mol. The number of benzene rings is 3. The van der Waals surface area contributed by atoms with E-state index in [0.717, 1.165) is 24.5 Å². The van der Waals surface area contributed by atoms with Gasteiger partial charge in [0.2, 0.25) is 21.8 Å². The molecule has 0 radical (unpaired) electrons. The average molecular weight is 594 g/mol. The van der Waals surface area contributed by atoms with Crippen LogP contribution in [-0.4, -0.2) is 50.0 Å². The molecule has 0 aliphatic rings. The molecule has 220 valence electrons. The zero-order valence-corrected chi connectivity index (χ0v) is 23.5. The molecular weight excluding hydrogens is 562 g/mol. The molecule has 0 aliphatic heterocycles. The van der Waals surface area contributed by atoms with Crippen LogP contribution in [0.25, 0.3) is 0 Å². The molecule has 0 bridgehead atoms. The van der Waals surface area contributed by atoms with Gasteiger partial charge in [0, 0.05) is 19.0 Å². The average Bonchev–Trinajstić information content (AvgIpc) is 2.89. The lowest BCUT2D eigenvalue weighted by Gasteiger charge is -2.34. The smallest absolute Gasteiger partial charge is 0.352 e. The number of hydrogen-bond donors (Lipinski definition) is 1. The Balaban J connectivity index is 2.07. The first-order valence-corrected chi connectivity index (χ1v) is 14.5. The maximum atomic E-state index is 13.9. The van der Waals surface area contributed by atoms with Crippen LogP contribution in [0.15, 0.2) is 78.9 Å². The summed E-state index contributed by atoms with van der Waals surface area (Å²) in [6.45, 7) is 2.41. The lowest BCUT2D eigenvalue weighted by molar-refractivity contribution is -0.140. The van der Waals surface area contributed by atoms with Crippen LogP contribution in [0.5, 0.6) is 0 Å². The van der Waals surface area contributed by atoms with Crippen LogP contribution in [0.2, 0.25) is 0 Å². The Labute approximate surface area is 236 Å². The lowest BCUT2D eigenvalue weighted by Crippen LogP contribution is -2.54. The van der Waals surface area contributed by atoms with Crippen molar-refractivity contribution in [3.8, 4) is 0 Å². The second kappa shape index (κ2) is 13.2. The molecule has 7 nitrogen and oxygen atoms in total. The van der Waals surface area contributed by atoms with E-state index in [1.807, 2.05) is 0 Å². The molecular formula is C29H31F4N3O4S. The molecule has 0 saturated heterocycles. The number of anilines is 1. The second-order valence-electron chi connectivity index (χ2n) is 9.83. The van der Waals surface area contributed by atoms with Gasteiger partial charge in [-0.05, 0) is 55.3 Å². The molecule has 0 aliphatic carbocycles. The highest BCUT2D eigenvalue weighted by atomic mass is 32.2. The van der Waals surface area contributed by atoms with E-state index >= 15 is 0 Å². The first-order valence-electron chi connectivity index (χ1n) is 12.7. The number of hydrogen-bond acceptors (Lipinski definition) is 4. The monoisotopic (exact) mass is 593 g/mol. The van der Waals surface area contributed by atoms with Crippen LogP contribution in [0.3, 0.4) is 0 Å². The number of nitrogens with one attached hydrogen (secondary N) is 1. The molecule has 3 rings (SSSR count). The van der Waals surface area contributed by atoms with E-state index in [-0.39, 0.29) is 24.7 Å². The summed E-state index contributed by atoms with van der Waals surface area (Å²) >= 11 is 0. The van der Waals surface area contributed by atoms with Crippen molar-refractivity contribution in [2.24, 2.45) is 0 Å². The van der Waals surface area contributed by atoms with Crippen LogP contribution in [0, 0.1) is 5.82 Å². The van der Waals surface area contributed by atoms with Crippen LogP contribution in [0.4, 0.5) is 23.2 Å². The van der Waals surface area contributed by atoms with Crippen LogP contribution in [0.1, 0.15) is 30.5 Å². The van der Waals surface area contributed by atoms with Crippen LogP contribution in [-0.2, 0) is 38.8 Å². The molecule has 0 heterocycles. The van der Waals surface area contributed by atoms with Gasteiger partial charge in [-0.15, -0.1) is 0 Å². The van der Waals surface area contributed by atoms with Gasteiger partial charge in [0.05, 0.1) is 17.5 Å². The Morgan fingerprint density at radius 1 is 0.902 bits per heavy atom. The maximum Gasteiger partial charge on any atom is 0.416 e. The van der Waals surface area contributed by atoms with E-state index in [2.05, 4.69) is 5.32 Å². The third kappa shape index (κ3) is 9.04. The fraction of sp³-hybridized carbons (Fsp3) is 0.310. The number of carbonyl (C=O) groups is 2. The molecule has 3 aromatic rings. The van der Waals surface area contributed by atoms with Gasteiger partial charge in [0.25, 0.3) is 0 Å². The zero-order valence-electron chi connectivity index (χ0n) is 22.7. The second-order valence-corrected chi connectivity index (χ2v) is 11.7. The van der Waals surface area contributed by atoms with Gasteiger partial charge >= 0.3 is 6.18 Å². The summed E-state index contributed by atoms with van der Waals surface area (Å²) in [6.07, 6.45) is -3.90. The SMILES string of the molecule is CC(C)NC(=O)[C@@H](Cc1ccccc1)N(Cc1ccc(F)cc1)C(=O)CN(c1cccc(C(F)(F)F)c1)S(C)(=O)=O. The van der Waals surface area contributed by atoms with Crippen molar-refractivity contribution >= 4 is 27.5 Å². The topological polar surface area (TPSA) is 86.8 Å². The summed E-state index contributed by atoms with van der Waals surface area (Å²) in [5.74, 6) is -1.86. The molecule has 0 aromatic heterocycles. The van der Waals surface area contributed by atoms with Crippen LogP contribution >= 0.6 is 0 Å². The van der Waals surface area contributed by atoms with E-state index in [4.69, 9.17) is 0 Å².